The summed E-state index contributed by atoms with van der Waals surface area (Å²) >= 11 is 0. The van der Waals surface area contributed by atoms with E-state index < -0.39 is 5.60 Å². The van der Waals surface area contributed by atoms with Crippen LogP contribution in [0.2, 0.25) is 0 Å². The molecule has 0 aromatic carbocycles. The van der Waals surface area contributed by atoms with Gasteiger partial charge in [0.2, 0.25) is 5.91 Å². The zero-order valence-electron chi connectivity index (χ0n) is 16.0. The van der Waals surface area contributed by atoms with Gasteiger partial charge >= 0.3 is 0 Å². The first-order chi connectivity index (χ1) is 12.8. The van der Waals surface area contributed by atoms with Crippen molar-refractivity contribution in [2.45, 2.75) is 70.1 Å². The largest absolute Gasteiger partial charge is 0.387 e. The molecule has 2 fully saturated rings. The molecule has 0 spiro atoms. The van der Waals surface area contributed by atoms with Crippen molar-refractivity contribution in [2.24, 2.45) is 0 Å². The van der Waals surface area contributed by atoms with Gasteiger partial charge in [-0.3, -0.25) is 14.8 Å². The molecule has 1 amide bonds. The third kappa shape index (κ3) is 3.64. The number of hydrogen-bond acceptors (Lipinski definition) is 6. The highest BCUT2D eigenvalue weighted by Crippen LogP contribution is 2.42. The van der Waals surface area contributed by atoms with E-state index in [0.29, 0.717) is 23.5 Å². The minimum absolute atomic E-state index is 0.140. The normalized spacial score (nSPS) is 31.0. The summed E-state index contributed by atoms with van der Waals surface area (Å²) < 4.78 is 5.07. The van der Waals surface area contributed by atoms with Gasteiger partial charge in [-0.25, -0.2) is 0 Å². The summed E-state index contributed by atoms with van der Waals surface area (Å²) in [5.41, 5.74) is 1.25. The van der Waals surface area contributed by atoms with Crippen LogP contribution < -0.4 is 5.32 Å². The van der Waals surface area contributed by atoms with Crippen LogP contribution in [0.3, 0.4) is 0 Å². The number of likely N-dealkylation sites (tertiary alicyclic amines) is 1. The molecule has 2 aromatic heterocycles. The van der Waals surface area contributed by atoms with Crippen molar-refractivity contribution in [3.05, 3.63) is 29.3 Å². The molecule has 27 heavy (non-hydrogen) atoms. The number of H-pyrrole nitrogens is 1. The first-order valence-electron chi connectivity index (χ1n) is 9.57. The molecule has 8 nitrogen and oxygen atoms in total. The van der Waals surface area contributed by atoms with Gasteiger partial charge in [-0.15, -0.1) is 0 Å². The summed E-state index contributed by atoms with van der Waals surface area (Å²) in [6.07, 6.45) is 3.40. The van der Waals surface area contributed by atoms with Crippen molar-refractivity contribution in [1.29, 1.82) is 0 Å². The summed E-state index contributed by atoms with van der Waals surface area (Å²) in [6, 6.07) is 4.38. The average molecular weight is 373 g/mol. The van der Waals surface area contributed by atoms with Crippen molar-refractivity contribution >= 4 is 11.7 Å². The minimum Gasteiger partial charge on any atom is -0.387 e. The molecule has 1 saturated heterocycles. The Bertz CT molecular complexity index is 827. The molecule has 1 saturated carbocycles. The highest BCUT2D eigenvalue weighted by molar-refractivity contribution is 5.91. The number of aromatic amines is 1. The molecule has 146 valence electrons. The van der Waals surface area contributed by atoms with Crippen LogP contribution in [0.4, 0.5) is 5.82 Å². The lowest BCUT2D eigenvalue weighted by Gasteiger charge is -2.54. The Morgan fingerprint density at radius 3 is 2.96 bits per heavy atom. The van der Waals surface area contributed by atoms with E-state index in [2.05, 4.69) is 32.5 Å². The van der Waals surface area contributed by atoms with Crippen LogP contribution >= 0.6 is 0 Å². The SMILES string of the molecule is Cc1cc(CC(=O)Nc2cc([C@H]3CC[C@@H](N4C[C@@](C)(O)[C@@H]4C)C3)[nH]n2)on1. The van der Waals surface area contributed by atoms with Crippen LogP contribution in [0.1, 0.15) is 56.2 Å². The molecular weight excluding hydrogens is 346 g/mol. The zero-order valence-corrected chi connectivity index (χ0v) is 16.0. The van der Waals surface area contributed by atoms with Gasteiger partial charge in [0.25, 0.3) is 0 Å². The molecular formula is C19H27N5O3. The topological polar surface area (TPSA) is 107 Å². The van der Waals surface area contributed by atoms with Gasteiger partial charge in [-0.1, -0.05) is 5.16 Å². The molecule has 2 aromatic rings. The number of nitrogens with zero attached hydrogens (tertiary/aromatic N) is 3. The van der Waals surface area contributed by atoms with E-state index in [-0.39, 0.29) is 18.4 Å². The van der Waals surface area contributed by atoms with Crippen molar-refractivity contribution < 1.29 is 14.4 Å². The minimum atomic E-state index is -0.564. The fourth-order valence-corrected chi connectivity index (χ4v) is 4.32. The second-order valence-electron chi connectivity index (χ2n) is 8.24. The monoisotopic (exact) mass is 373 g/mol. The summed E-state index contributed by atoms with van der Waals surface area (Å²) in [7, 11) is 0. The van der Waals surface area contributed by atoms with E-state index in [1.807, 2.05) is 19.9 Å². The lowest BCUT2D eigenvalue weighted by Crippen LogP contribution is -2.69. The standard InChI is InChI=1S/C19H27N5O3/c1-11-6-15(27-23-11)8-18(25)20-17-9-16(21-22-17)13-4-5-14(7-13)24-10-19(3,26)12(24)2/h6,9,12-14,26H,4-5,7-8,10H2,1-3H3,(H2,20,21,22,25)/t12-,13-,14+,19+/m0/s1. The van der Waals surface area contributed by atoms with Crippen molar-refractivity contribution in [1.82, 2.24) is 20.3 Å². The molecule has 8 heteroatoms. The second-order valence-corrected chi connectivity index (χ2v) is 8.24. The molecule has 0 bridgehead atoms. The Hall–Kier alpha value is -2.19. The highest BCUT2D eigenvalue weighted by Gasteiger charge is 2.49. The Morgan fingerprint density at radius 2 is 2.30 bits per heavy atom. The fraction of sp³-hybridized carbons (Fsp3) is 0.632. The third-order valence-electron chi connectivity index (χ3n) is 6.09. The Balaban J connectivity index is 1.31. The maximum atomic E-state index is 12.1. The number of rotatable bonds is 5. The summed E-state index contributed by atoms with van der Waals surface area (Å²) in [4.78, 5) is 14.5. The highest BCUT2D eigenvalue weighted by atomic mass is 16.5. The summed E-state index contributed by atoms with van der Waals surface area (Å²) in [5.74, 6) is 1.31. The molecule has 3 N–H and O–H groups in total. The summed E-state index contributed by atoms with van der Waals surface area (Å²) in [6.45, 7) is 6.57. The molecule has 3 heterocycles. The van der Waals surface area contributed by atoms with Gasteiger partial charge in [0.15, 0.2) is 5.82 Å². The number of hydrogen-bond donors (Lipinski definition) is 3. The smallest absolute Gasteiger partial charge is 0.233 e. The predicted molar refractivity (Wildman–Crippen MR) is 99.3 cm³/mol. The van der Waals surface area contributed by atoms with E-state index >= 15 is 0 Å². The van der Waals surface area contributed by atoms with Crippen molar-refractivity contribution in [3.8, 4) is 0 Å². The van der Waals surface area contributed by atoms with Gasteiger partial charge in [0.05, 0.1) is 17.7 Å². The molecule has 0 unspecified atom stereocenters. The third-order valence-corrected chi connectivity index (χ3v) is 6.09. The number of aromatic nitrogens is 3. The maximum Gasteiger partial charge on any atom is 0.233 e. The predicted octanol–water partition coefficient (Wildman–Crippen LogP) is 1.98. The molecule has 4 atom stereocenters. The number of aryl methyl sites for hydroxylation is 1. The number of nitrogens with one attached hydrogen (secondary N) is 2. The molecule has 4 rings (SSSR count). The summed E-state index contributed by atoms with van der Waals surface area (Å²) in [5, 5.41) is 24.1. The Kier molecular flexibility index (Phi) is 4.55. The van der Waals surface area contributed by atoms with Gasteiger partial charge in [-0.05, 0) is 40.0 Å². The number of carbonyl (C=O) groups excluding carboxylic acids is 1. The van der Waals surface area contributed by atoms with Crippen LogP contribution in [0, 0.1) is 6.92 Å². The first kappa shape index (κ1) is 18.2. The molecule has 1 aliphatic carbocycles. The molecule has 0 radical (unpaired) electrons. The van der Waals surface area contributed by atoms with Crippen molar-refractivity contribution in [3.63, 3.8) is 0 Å². The van der Waals surface area contributed by atoms with Crippen LogP contribution in [-0.4, -0.2) is 55.5 Å². The maximum absolute atomic E-state index is 12.1. The number of β-amino-alcohol motifs (C(OH)–C–C–N with tert-alkyl or cyclic N) is 1. The second kappa shape index (κ2) is 6.76. The van der Waals surface area contributed by atoms with E-state index in [0.717, 1.165) is 37.2 Å². The van der Waals surface area contributed by atoms with E-state index in [1.165, 1.54) is 0 Å². The van der Waals surface area contributed by atoms with Crippen LogP contribution in [0.25, 0.3) is 0 Å². The van der Waals surface area contributed by atoms with Gasteiger partial charge in [0.1, 0.15) is 5.76 Å². The lowest BCUT2D eigenvalue weighted by molar-refractivity contribution is -0.149. The Morgan fingerprint density at radius 1 is 1.48 bits per heavy atom. The van der Waals surface area contributed by atoms with E-state index in [9.17, 15) is 9.90 Å². The molecule has 2 aliphatic rings. The van der Waals surface area contributed by atoms with Crippen LogP contribution in [0.5, 0.6) is 0 Å². The average Bonchev–Trinajstić information content (AvgIpc) is 3.33. The van der Waals surface area contributed by atoms with E-state index in [4.69, 9.17) is 4.52 Å². The van der Waals surface area contributed by atoms with Gasteiger partial charge in [-0.2, -0.15) is 5.10 Å². The number of carbonyl (C=O) groups is 1. The Labute approximate surface area is 158 Å². The quantitative estimate of drug-likeness (QED) is 0.740. The number of amides is 1. The van der Waals surface area contributed by atoms with Crippen molar-refractivity contribution in [2.75, 3.05) is 11.9 Å². The van der Waals surface area contributed by atoms with Crippen LogP contribution in [0.15, 0.2) is 16.7 Å². The zero-order chi connectivity index (χ0) is 19.2. The molecule has 1 aliphatic heterocycles. The van der Waals surface area contributed by atoms with Gasteiger partial charge < -0.3 is 14.9 Å². The number of aliphatic hydroxyl groups is 1. The number of anilines is 1. The first-order valence-corrected chi connectivity index (χ1v) is 9.57. The van der Waals surface area contributed by atoms with Crippen LogP contribution in [-0.2, 0) is 11.2 Å². The van der Waals surface area contributed by atoms with E-state index in [1.54, 1.807) is 6.07 Å². The lowest BCUT2D eigenvalue weighted by atomic mass is 9.84. The fourth-order valence-electron chi connectivity index (χ4n) is 4.32. The van der Waals surface area contributed by atoms with Gasteiger partial charge in [0, 0.05) is 42.4 Å².